The van der Waals surface area contributed by atoms with Gasteiger partial charge in [-0.3, -0.25) is 0 Å². The number of nitrogens with zero attached hydrogens (tertiary/aromatic N) is 1. The molecule has 4 nitrogen and oxygen atoms in total. The number of para-hydroxylation sites is 4. The van der Waals surface area contributed by atoms with E-state index in [2.05, 4.69) is 187 Å². The SMILES string of the molecule is c1ccc(N(c2ccc3c(c2)C2(c4ccccc4-c4ccccc42)c2ccccc2-3)c2cc(-c3cccc4c3oc3ccccc34)c3oc4ccc5oc6ccccc6c5c4c3c2)cc1. The molecule has 0 saturated carbocycles. The predicted octanol–water partition coefficient (Wildman–Crippen LogP) is 16.9. The molecule has 2 aliphatic rings. The van der Waals surface area contributed by atoms with E-state index in [4.69, 9.17) is 13.3 Å². The second-order valence-electron chi connectivity index (χ2n) is 17.5. The minimum atomic E-state index is -0.488. The fourth-order valence-corrected chi connectivity index (χ4v) is 11.7. The van der Waals surface area contributed by atoms with Crippen molar-refractivity contribution in [2.45, 2.75) is 5.41 Å². The Morgan fingerprint density at radius 2 is 0.800 bits per heavy atom. The van der Waals surface area contributed by atoms with Crippen molar-refractivity contribution in [2.75, 3.05) is 4.90 Å². The highest BCUT2D eigenvalue weighted by Gasteiger charge is 2.51. The summed E-state index contributed by atoms with van der Waals surface area (Å²) in [5.41, 5.74) is 19.8. The molecule has 4 heteroatoms. The van der Waals surface area contributed by atoms with Crippen LogP contribution in [0.1, 0.15) is 22.3 Å². The number of hydrogen-bond acceptors (Lipinski definition) is 4. The Bertz CT molecular complexity index is 4080. The molecule has 0 atom stereocenters. The Labute approximate surface area is 372 Å². The summed E-state index contributed by atoms with van der Waals surface area (Å²) in [5, 5.41) is 6.28. The molecule has 0 amide bonds. The summed E-state index contributed by atoms with van der Waals surface area (Å²) in [4.78, 5) is 2.41. The Balaban J connectivity index is 1.06. The molecule has 0 fully saturated rings. The van der Waals surface area contributed by atoms with Crippen LogP contribution in [0.4, 0.5) is 17.1 Å². The number of fused-ring (bicyclic) bond motifs is 20. The minimum absolute atomic E-state index is 0.488. The molecule has 0 radical (unpaired) electrons. The van der Waals surface area contributed by atoms with Gasteiger partial charge in [0, 0.05) is 60.5 Å². The van der Waals surface area contributed by atoms with Gasteiger partial charge in [0.15, 0.2) is 0 Å². The second-order valence-corrected chi connectivity index (χ2v) is 17.5. The molecular weight excluding hydrogens is 795 g/mol. The Hall–Kier alpha value is -8.60. The van der Waals surface area contributed by atoms with E-state index >= 15 is 0 Å². The summed E-state index contributed by atoms with van der Waals surface area (Å²) < 4.78 is 20.3. The quantitative estimate of drug-likeness (QED) is 0.177. The summed E-state index contributed by atoms with van der Waals surface area (Å²) in [6.07, 6.45) is 0. The van der Waals surface area contributed by atoms with Crippen LogP contribution >= 0.6 is 0 Å². The summed E-state index contributed by atoms with van der Waals surface area (Å²) in [6, 6.07) is 76.6. The molecule has 65 heavy (non-hydrogen) atoms. The van der Waals surface area contributed by atoms with Crippen LogP contribution in [0.3, 0.4) is 0 Å². The van der Waals surface area contributed by atoms with Gasteiger partial charge in [0.2, 0.25) is 0 Å². The van der Waals surface area contributed by atoms with Crippen molar-refractivity contribution >= 4 is 82.9 Å². The van der Waals surface area contributed by atoms with E-state index in [1.54, 1.807) is 0 Å². The maximum absolute atomic E-state index is 7.06. The van der Waals surface area contributed by atoms with Crippen LogP contribution < -0.4 is 4.90 Å². The topological polar surface area (TPSA) is 42.7 Å². The molecule has 0 aliphatic heterocycles. The first kappa shape index (κ1) is 34.9. The van der Waals surface area contributed by atoms with Crippen molar-refractivity contribution in [1.29, 1.82) is 0 Å². The van der Waals surface area contributed by atoms with Crippen molar-refractivity contribution in [3.8, 4) is 33.4 Å². The van der Waals surface area contributed by atoms with Crippen LogP contribution in [-0.4, -0.2) is 0 Å². The third-order valence-corrected chi connectivity index (χ3v) is 14.3. The molecule has 10 aromatic carbocycles. The molecule has 0 unspecified atom stereocenters. The molecule has 302 valence electrons. The lowest BCUT2D eigenvalue weighted by molar-refractivity contribution is 0.662. The lowest BCUT2D eigenvalue weighted by Gasteiger charge is -2.32. The standard InChI is InChI=1S/C61H35NO3/c1-2-15-36(16-3-1)62(37-29-30-42-41-19-6-11-26-51(41)61(52(42)35-37)49-24-9-4-17-39(49)40-18-5-10-25-50(40)61)38-33-47(45-23-14-22-44-43-20-7-12-27-53(43)64-59(44)45)60-48(34-38)58-56(65-60)32-31-55-57(58)46-21-8-13-28-54(46)63-55/h1-35H. The van der Waals surface area contributed by atoms with Crippen LogP contribution in [0.25, 0.3) is 99.2 Å². The van der Waals surface area contributed by atoms with Crippen LogP contribution in [0.5, 0.6) is 0 Å². The zero-order chi connectivity index (χ0) is 42.4. The molecule has 0 saturated heterocycles. The van der Waals surface area contributed by atoms with E-state index in [0.29, 0.717) is 0 Å². The van der Waals surface area contributed by atoms with Gasteiger partial charge in [0.05, 0.1) is 5.41 Å². The first-order valence-corrected chi connectivity index (χ1v) is 22.2. The molecule has 2 aliphatic carbocycles. The van der Waals surface area contributed by atoms with E-state index in [-0.39, 0.29) is 0 Å². The summed E-state index contributed by atoms with van der Waals surface area (Å²) >= 11 is 0. The van der Waals surface area contributed by atoms with Crippen molar-refractivity contribution < 1.29 is 13.3 Å². The van der Waals surface area contributed by atoms with Gasteiger partial charge in [0.1, 0.15) is 33.5 Å². The highest BCUT2D eigenvalue weighted by atomic mass is 16.3. The maximum atomic E-state index is 7.06. The first-order chi connectivity index (χ1) is 32.2. The van der Waals surface area contributed by atoms with Crippen LogP contribution in [0, 0.1) is 0 Å². The minimum Gasteiger partial charge on any atom is -0.456 e. The summed E-state index contributed by atoms with van der Waals surface area (Å²) in [6.45, 7) is 0. The highest BCUT2D eigenvalue weighted by Crippen LogP contribution is 2.63. The van der Waals surface area contributed by atoms with E-state index < -0.39 is 5.41 Å². The van der Waals surface area contributed by atoms with Gasteiger partial charge >= 0.3 is 0 Å². The van der Waals surface area contributed by atoms with Crippen LogP contribution in [0.15, 0.2) is 226 Å². The summed E-state index contributed by atoms with van der Waals surface area (Å²) in [5.74, 6) is 0. The van der Waals surface area contributed by atoms with Gasteiger partial charge in [-0.2, -0.15) is 0 Å². The average molecular weight is 830 g/mol. The Morgan fingerprint density at radius 1 is 0.277 bits per heavy atom. The Kier molecular flexibility index (Phi) is 6.85. The second kappa shape index (κ2) is 12.7. The first-order valence-electron chi connectivity index (χ1n) is 22.2. The predicted molar refractivity (Wildman–Crippen MR) is 265 cm³/mol. The number of anilines is 3. The van der Waals surface area contributed by atoms with Crippen LogP contribution in [0.2, 0.25) is 0 Å². The molecule has 13 aromatic rings. The molecule has 3 heterocycles. The lowest BCUT2D eigenvalue weighted by Crippen LogP contribution is -2.26. The van der Waals surface area contributed by atoms with Gasteiger partial charge in [-0.15, -0.1) is 0 Å². The van der Waals surface area contributed by atoms with Crippen molar-refractivity contribution in [2.24, 2.45) is 0 Å². The number of rotatable bonds is 4. The number of hydrogen-bond donors (Lipinski definition) is 0. The van der Waals surface area contributed by atoms with E-state index in [0.717, 1.165) is 94.0 Å². The third-order valence-electron chi connectivity index (χ3n) is 14.3. The van der Waals surface area contributed by atoms with Crippen molar-refractivity contribution in [1.82, 2.24) is 0 Å². The van der Waals surface area contributed by atoms with Gasteiger partial charge in [-0.1, -0.05) is 152 Å². The van der Waals surface area contributed by atoms with E-state index in [1.807, 2.05) is 30.3 Å². The molecule has 1 spiro atoms. The van der Waals surface area contributed by atoms with Crippen molar-refractivity contribution in [3.05, 3.63) is 235 Å². The zero-order valence-corrected chi connectivity index (χ0v) is 34.9. The normalized spacial score (nSPS) is 13.4. The fraction of sp³-hybridized carbons (Fsp3) is 0.0164. The fourth-order valence-electron chi connectivity index (χ4n) is 11.7. The summed E-state index contributed by atoms with van der Waals surface area (Å²) in [7, 11) is 0. The molecule has 15 rings (SSSR count). The van der Waals surface area contributed by atoms with E-state index in [9.17, 15) is 0 Å². The van der Waals surface area contributed by atoms with Gasteiger partial charge < -0.3 is 18.2 Å². The largest absolute Gasteiger partial charge is 0.456 e. The smallest absolute Gasteiger partial charge is 0.143 e. The van der Waals surface area contributed by atoms with E-state index in [1.165, 1.54) is 44.5 Å². The lowest BCUT2D eigenvalue weighted by atomic mass is 9.70. The number of benzene rings is 10. The molecular formula is C61H35NO3. The molecule has 3 aromatic heterocycles. The zero-order valence-electron chi connectivity index (χ0n) is 34.9. The third kappa shape index (κ3) is 4.55. The maximum Gasteiger partial charge on any atom is 0.143 e. The van der Waals surface area contributed by atoms with Crippen molar-refractivity contribution in [3.63, 3.8) is 0 Å². The number of furan rings is 3. The van der Waals surface area contributed by atoms with Gasteiger partial charge in [-0.25, -0.2) is 0 Å². The monoisotopic (exact) mass is 829 g/mol. The van der Waals surface area contributed by atoms with Gasteiger partial charge in [-0.05, 0) is 105 Å². The Morgan fingerprint density at radius 3 is 1.52 bits per heavy atom. The van der Waals surface area contributed by atoms with Gasteiger partial charge in [0.25, 0.3) is 0 Å². The highest BCUT2D eigenvalue weighted by molar-refractivity contribution is 6.28. The molecule has 0 bridgehead atoms. The average Bonchev–Trinajstić information content (AvgIpc) is 4.17. The molecule has 0 N–H and O–H groups in total. The van der Waals surface area contributed by atoms with Crippen LogP contribution in [-0.2, 0) is 5.41 Å².